The SMILES string of the molecule is NC1(C(=O)O)OC(=O)C(O)C(O)C(=O)OC1CC(=O)O. The van der Waals surface area contributed by atoms with Crippen LogP contribution in [0.3, 0.4) is 0 Å². The number of aliphatic carboxylic acids is 2. The monoisotopic (exact) mass is 293 g/mol. The molecular weight excluding hydrogens is 282 g/mol. The van der Waals surface area contributed by atoms with E-state index in [2.05, 4.69) is 9.47 Å². The van der Waals surface area contributed by atoms with E-state index in [0.717, 1.165) is 0 Å². The molecule has 0 aromatic carbocycles. The summed E-state index contributed by atoms with van der Waals surface area (Å²) in [5.41, 5.74) is 2.24. The van der Waals surface area contributed by atoms with Crippen molar-refractivity contribution in [1.82, 2.24) is 0 Å². The maximum atomic E-state index is 11.3. The normalized spacial score (nSPS) is 34.5. The summed E-state index contributed by atoms with van der Waals surface area (Å²) in [6, 6.07) is 0. The molecule has 4 atom stereocenters. The molecule has 0 radical (unpaired) electrons. The number of hydrogen-bond donors (Lipinski definition) is 5. The molecule has 0 bridgehead atoms. The Kier molecular flexibility index (Phi) is 4.27. The summed E-state index contributed by atoms with van der Waals surface area (Å²) in [6.07, 6.45) is -7.94. The lowest BCUT2D eigenvalue weighted by Crippen LogP contribution is -2.65. The van der Waals surface area contributed by atoms with Crippen LogP contribution in [0.1, 0.15) is 6.42 Å². The number of cyclic esters (lactones) is 2. The van der Waals surface area contributed by atoms with Gasteiger partial charge >= 0.3 is 23.9 Å². The number of carboxylic acids is 2. The third-order valence-corrected chi connectivity index (χ3v) is 2.48. The van der Waals surface area contributed by atoms with Gasteiger partial charge in [-0.2, -0.15) is 0 Å². The highest BCUT2D eigenvalue weighted by molar-refractivity contribution is 5.90. The Morgan fingerprint density at radius 2 is 1.65 bits per heavy atom. The highest BCUT2D eigenvalue weighted by Crippen LogP contribution is 2.22. The van der Waals surface area contributed by atoms with Crippen molar-refractivity contribution in [3.8, 4) is 0 Å². The quantitative estimate of drug-likeness (QED) is 0.322. The van der Waals surface area contributed by atoms with Gasteiger partial charge in [0.2, 0.25) is 0 Å². The number of aliphatic hydroxyl groups is 2. The highest BCUT2D eigenvalue weighted by atomic mass is 16.6. The molecule has 1 aliphatic heterocycles. The summed E-state index contributed by atoms with van der Waals surface area (Å²) in [5.74, 6) is -6.88. The van der Waals surface area contributed by atoms with Gasteiger partial charge in [-0.05, 0) is 0 Å². The van der Waals surface area contributed by atoms with Crippen LogP contribution in [0.15, 0.2) is 0 Å². The van der Waals surface area contributed by atoms with Gasteiger partial charge in [-0.3, -0.25) is 10.5 Å². The van der Waals surface area contributed by atoms with Crippen LogP contribution in [-0.4, -0.2) is 68.3 Å². The van der Waals surface area contributed by atoms with Crippen molar-refractivity contribution in [2.24, 2.45) is 5.73 Å². The highest BCUT2D eigenvalue weighted by Gasteiger charge is 2.54. The van der Waals surface area contributed by atoms with E-state index in [1.807, 2.05) is 0 Å². The van der Waals surface area contributed by atoms with E-state index in [9.17, 15) is 29.4 Å². The third kappa shape index (κ3) is 2.84. The summed E-state index contributed by atoms with van der Waals surface area (Å²) >= 11 is 0. The minimum absolute atomic E-state index is 1.09. The second-order valence-corrected chi connectivity index (χ2v) is 3.93. The van der Waals surface area contributed by atoms with E-state index in [-0.39, 0.29) is 0 Å². The molecular formula is C9H11NO10. The van der Waals surface area contributed by atoms with Gasteiger partial charge in [-0.1, -0.05) is 0 Å². The van der Waals surface area contributed by atoms with Gasteiger partial charge in [0.1, 0.15) is 0 Å². The van der Waals surface area contributed by atoms with Gasteiger partial charge in [0.05, 0.1) is 6.42 Å². The minimum Gasteiger partial charge on any atom is -0.481 e. The molecule has 11 heteroatoms. The zero-order chi connectivity index (χ0) is 15.7. The Hall–Kier alpha value is -2.24. The summed E-state index contributed by atoms with van der Waals surface area (Å²) in [6.45, 7) is 0. The van der Waals surface area contributed by atoms with E-state index in [0.29, 0.717) is 0 Å². The van der Waals surface area contributed by atoms with Crippen LogP contribution in [0.25, 0.3) is 0 Å². The maximum Gasteiger partial charge on any atom is 0.367 e. The van der Waals surface area contributed by atoms with Crippen molar-refractivity contribution in [2.45, 2.75) is 30.5 Å². The van der Waals surface area contributed by atoms with Crippen molar-refractivity contribution in [2.75, 3.05) is 0 Å². The molecule has 6 N–H and O–H groups in total. The number of carbonyl (C=O) groups is 4. The fourth-order valence-electron chi connectivity index (χ4n) is 1.38. The van der Waals surface area contributed by atoms with Crippen LogP contribution >= 0.6 is 0 Å². The number of hydrogen-bond acceptors (Lipinski definition) is 9. The van der Waals surface area contributed by atoms with E-state index in [4.69, 9.17) is 15.9 Å². The molecule has 1 fully saturated rings. The smallest absolute Gasteiger partial charge is 0.367 e. The van der Waals surface area contributed by atoms with Crippen molar-refractivity contribution in [3.63, 3.8) is 0 Å². The van der Waals surface area contributed by atoms with Crippen LogP contribution in [0.2, 0.25) is 0 Å². The molecule has 0 aromatic heterocycles. The summed E-state index contributed by atoms with van der Waals surface area (Å²) in [4.78, 5) is 44.3. The third-order valence-electron chi connectivity index (χ3n) is 2.48. The van der Waals surface area contributed by atoms with Crippen molar-refractivity contribution in [3.05, 3.63) is 0 Å². The fraction of sp³-hybridized carbons (Fsp3) is 0.556. The minimum atomic E-state index is -3.01. The molecule has 112 valence electrons. The topological polar surface area (TPSA) is 194 Å². The van der Waals surface area contributed by atoms with Crippen LogP contribution < -0.4 is 5.73 Å². The molecule has 1 rings (SSSR count). The molecule has 1 aliphatic rings. The molecule has 0 saturated carbocycles. The Bertz CT molecular complexity index is 462. The predicted molar refractivity (Wildman–Crippen MR) is 54.8 cm³/mol. The molecule has 0 aliphatic carbocycles. The van der Waals surface area contributed by atoms with Gasteiger partial charge in [-0.25, -0.2) is 14.4 Å². The molecule has 1 saturated heterocycles. The molecule has 0 amide bonds. The number of nitrogens with two attached hydrogens (primary N) is 1. The zero-order valence-corrected chi connectivity index (χ0v) is 9.75. The number of esters is 2. The van der Waals surface area contributed by atoms with E-state index in [1.54, 1.807) is 0 Å². The van der Waals surface area contributed by atoms with E-state index < -0.39 is 54.3 Å². The molecule has 4 unspecified atom stereocenters. The van der Waals surface area contributed by atoms with Crippen LogP contribution in [0.4, 0.5) is 0 Å². The first kappa shape index (κ1) is 15.8. The maximum absolute atomic E-state index is 11.3. The average Bonchev–Trinajstić information content (AvgIpc) is 2.34. The first-order valence-corrected chi connectivity index (χ1v) is 5.13. The van der Waals surface area contributed by atoms with Gasteiger partial charge < -0.3 is 29.9 Å². The molecule has 1 heterocycles. The standard InChI is InChI=1S/C9H11NO10/c10-9(8(17)18)2(1-3(11)12)19-6(15)4(13)5(14)7(16)20-9/h2,4-5,13-14H,1,10H2,(H,11,12)(H,17,18). The Morgan fingerprint density at radius 3 is 2.10 bits per heavy atom. The number of rotatable bonds is 3. The zero-order valence-electron chi connectivity index (χ0n) is 9.75. The fourth-order valence-corrected chi connectivity index (χ4v) is 1.38. The lowest BCUT2D eigenvalue weighted by molar-refractivity contribution is -0.221. The van der Waals surface area contributed by atoms with Crippen molar-refractivity contribution < 1.29 is 49.1 Å². The second kappa shape index (κ2) is 5.40. The average molecular weight is 293 g/mol. The van der Waals surface area contributed by atoms with Crippen LogP contribution in [-0.2, 0) is 28.7 Å². The summed E-state index contributed by atoms with van der Waals surface area (Å²) < 4.78 is 8.67. The van der Waals surface area contributed by atoms with Gasteiger partial charge in [0, 0.05) is 0 Å². The lowest BCUT2D eigenvalue weighted by atomic mass is 10.0. The first-order chi connectivity index (χ1) is 9.09. The molecule has 11 nitrogen and oxygen atoms in total. The Labute approximate surface area is 110 Å². The van der Waals surface area contributed by atoms with Crippen LogP contribution in [0, 0.1) is 0 Å². The predicted octanol–water partition coefficient (Wildman–Crippen LogP) is -3.61. The van der Waals surface area contributed by atoms with Crippen LogP contribution in [0.5, 0.6) is 0 Å². The molecule has 0 spiro atoms. The van der Waals surface area contributed by atoms with Crippen molar-refractivity contribution in [1.29, 1.82) is 0 Å². The van der Waals surface area contributed by atoms with Gasteiger partial charge in [0.15, 0.2) is 18.3 Å². The van der Waals surface area contributed by atoms with Gasteiger partial charge in [0.25, 0.3) is 5.72 Å². The Balaban J connectivity index is 3.22. The van der Waals surface area contributed by atoms with E-state index in [1.165, 1.54) is 0 Å². The largest absolute Gasteiger partial charge is 0.481 e. The van der Waals surface area contributed by atoms with E-state index >= 15 is 0 Å². The number of carbonyl (C=O) groups excluding carboxylic acids is 2. The number of ether oxygens (including phenoxy) is 2. The van der Waals surface area contributed by atoms with Crippen molar-refractivity contribution >= 4 is 23.9 Å². The summed E-state index contributed by atoms with van der Waals surface area (Å²) in [7, 11) is 0. The second-order valence-electron chi connectivity index (χ2n) is 3.93. The molecule has 20 heavy (non-hydrogen) atoms. The lowest BCUT2D eigenvalue weighted by Gasteiger charge is -2.35. The number of carboxylic acid groups (broad SMARTS) is 2. The molecule has 0 aromatic rings. The number of aliphatic hydroxyl groups excluding tert-OH is 2. The van der Waals surface area contributed by atoms with Gasteiger partial charge in [-0.15, -0.1) is 0 Å². The first-order valence-electron chi connectivity index (χ1n) is 5.13. The Morgan fingerprint density at radius 1 is 1.15 bits per heavy atom. The summed E-state index contributed by atoms with van der Waals surface area (Å²) in [5, 5.41) is 36.0.